The number of anilines is 1. The summed E-state index contributed by atoms with van der Waals surface area (Å²) in [5.74, 6) is 0.307. The van der Waals surface area contributed by atoms with Crippen molar-refractivity contribution in [2.75, 3.05) is 25.7 Å². The third-order valence-electron chi connectivity index (χ3n) is 7.03. The molecule has 1 aromatic heterocycles. The summed E-state index contributed by atoms with van der Waals surface area (Å²) in [6.07, 6.45) is 0. The van der Waals surface area contributed by atoms with Gasteiger partial charge in [-0.3, -0.25) is 14.5 Å². The number of aromatic amines is 1. The maximum atomic E-state index is 13.6. The zero-order valence-electron chi connectivity index (χ0n) is 23.9. The van der Waals surface area contributed by atoms with Crippen LogP contribution in [0.25, 0.3) is 16.8 Å². The van der Waals surface area contributed by atoms with Crippen molar-refractivity contribution in [3.8, 4) is 17.2 Å². The molecule has 0 radical (unpaired) electrons. The summed E-state index contributed by atoms with van der Waals surface area (Å²) in [5, 5.41) is 11.6. The molecule has 0 saturated carbocycles. The number of Topliss-reactive ketones (excluding diaryl/α,β-unsaturated/α-hetero) is 1. The van der Waals surface area contributed by atoms with Crippen LogP contribution in [0, 0.1) is 19.8 Å². The molecule has 9 nitrogen and oxygen atoms in total. The number of fused-ring (bicyclic) bond motifs is 1. The van der Waals surface area contributed by atoms with E-state index in [2.05, 4.69) is 23.8 Å². The number of hydrogen-bond donors (Lipinski definition) is 2. The molecule has 3 aromatic carbocycles. The number of aryl methyl sites for hydroxylation is 2. The highest BCUT2D eigenvalue weighted by atomic mass is 16.5. The van der Waals surface area contributed by atoms with E-state index in [1.54, 1.807) is 30.3 Å². The van der Waals surface area contributed by atoms with E-state index in [0.717, 1.165) is 11.1 Å². The van der Waals surface area contributed by atoms with Crippen LogP contribution < -0.4 is 19.1 Å². The smallest absolute Gasteiger partial charge is 0.302 e. The van der Waals surface area contributed by atoms with E-state index in [4.69, 9.17) is 14.2 Å². The molecule has 2 N–H and O–H groups in total. The fourth-order valence-electron chi connectivity index (χ4n) is 5.01. The fraction of sp³-hybridized carbons (Fsp3) is 0.281. The number of amides is 1. The summed E-state index contributed by atoms with van der Waals surface area (Å²) in [4.78, 5) is 36.3. The predicted octanol–water partition coefficient (Wildman–Crippen LogP) is 5.86. The summed E-state index contributed by atoms with van der Waals surface area (Å²) in [5.41, 5.74) is 3.91. The van der Waals surface area contributed by atoms with E-state index < -0.39 is 17.7 Å². The van der Waals surface area contributed by atoms with Gasteiger partial charge in [0.1, 0.15) is 11.5 Å². The first kappa shape index (κ1) is 27.8. The Labute approximate surface area is 238 Å². The standard InChI is InChI=1S/C32H33N3O6/c1-17(2)16-41-24-11-10-21(13-19(24)4)29(36)27-28(20-9-7-8-18(3)12-20)35(31(38)30(27)37)32-33-22-14-25(39-5)26(40-6)15-23(22)34-32/h7-15,17,28,36H,16H2,1-6H3,(H,33,34)/b29-27+. The van der Waals surface area contributed by atoms with Gasteiger partial charge in [-0.1, -0.05) is 43.7 Å². The van der Waals surface area contributed by atoms with Crippen molar-refractivity contribution in [2.45, 2.75) is 33.7 Å². The fourth-order valence-corrected chi connectivity index (χ4v) is 5.01. The van der Waals surface area contributed by atoms with Crippen LogP contribution in [0.3, 0.4) is 0 Å². The van der Waals surface area contributed by atoms with Crippen LogP contribution >= 0.6 is 0 Å². The first-order valence-corrected chi connectivity index (χ1v) is 13.4. The summed E-state index contributed by atoms with van der Waals surface area (Å²) in [7, 11) is 3.06. The van der Waals surface area contributed by atoms with Gasteiger partial charge in [0, 0.05) is 17.7 Å². The number of aliphatic hydroxyl groups is 1. The molecule has 1 atom stereocenters. The molecular weight excluding hydrogens is 522 g/mol. The Balaban J connectivity index is 1.66. The van der Waals surface area contributed by atoms with Crippen molar-refractivity contribution in [3.05, 3.63) is 82.4 Å². The highest BCUT2D eigenvalue weighted by molar-refractivity contribution is 6.51. The number of carbonyl (C=O) groups excluding carboxylic acids is 2. The van der Waals surface area contributed by atoms with Crippen molar-refractivity contribution >= 4 is 34.4 Å². The number of ether oxygens (including phenoxy) is 3. The van der Waals surface area contributed by atoms with Gasteiger partial charge in [0.15, 0.2) is 11.5 Å². The number of aliphatic hydroxyl groups excluding tert-OH is 1. The van der Waals surface area contributed by atoms with Crippen molar-refractivity contribution < 1.29 is 28.9 Å². The third-order valence-corrected chi connectivity index (χ3v) is 7.03. The van der Waals surface area contributed by atoms with E-state index in [9.17, 15) is 14.7 Å². The number of aromatic nitrogens is 2. The average Bonchev–Trinajstić information content (AvgIpc) is 3.48. The molecule has 9 heteroatoms. The number of H-pyrrole nitrogens is 1. The molecule has 0 bridgehead atoms. The molecule has 2 heterocycles. The maximum absolute atomic E-state index is 13.6. The lowest BCUT2D eigenvalue weighted by molar-refractivity contribution is -0.132. The molecule has 1 unspecified atom stereocenters. The van der Waals surface area contributed by atoms with Crippen LogP contribution in [-0.2, 0) is 9.59 Å². The van der Waals surface area contributed by atoms with Crippen LogP contribution in [0.2, 0.25) is 0 Å². The number of carbonyl (C=O) groups is 2. The van der Waals surface area contributed by atoms with Gasteiger partial charge in [-0.2, -0.15) is 0 Å². The second kappa shape index (κ2) is 11.0. The van der Waals surface area contributed by atoms with Gasteiger partial charge in [-0.15, -0.1) is 0 Å². The number of nitrogens with one attached hydrogen (secondary N) is 1. The van der Waals surface area contributed by atoms with Crippen molar-refractivity contribution in [1.82, 2.24) is 9.97 Å². The molecule has 0 aliphatic carbocycles. The molecule has 5 rings (SSSR count). The average molecular weight is 556 g/mol. The molecule has 212 valence electrons. The zero-order valence-corrected chi connectivity index (χ0v) is 23.9. The Morgan fingerprint density at radius 2 is 1.73 bits per heavy atom. The molecule has 1 aliphatic rings. The number of rotatable bonds is 8. The SMILES string of the molecule is COc1cc2nc(N3C(=O)C(=O)/C(=C(/O)c4ccc(OCC(C)C)c(C)c4)C3c3cccc(C)c3)[nH]c2cc1OC. The van der Waals surface area contributed by atoms with E-state index in [0.29, 0.717) is 51.9 Å². The lowest BCUT2D eigenvalue weighted by Crippen LogP contribution is -2.30. The zero-order chi connectivity index (χ0) is 29.4. The van der Waals surface area contributed by atoms with Crippen molar-refractivity contribution in [2.24, 2.45) is 5.92 Å². The number of imidazole rings is 1. The largest absolute Gasteiger partial charge is 0.507 e. The molecule has 1 aliphatic heterocycles. The first-order chi connectivity index (χ1) is 19.6. The van der Waals surface area contributed by atoms with Gasteiger partial charge in [0.2, 0.25) is 5.95 Å². The van der Waals surface area contributed by atoms with E-state index in [-0.39, 0.29) is 17.3 Å². The molecule has 1 saturated heterocycles. The van der Waals surface area contributed by atoms with Crippen LogP contribution in [0.5, 0.6) is 17.2 Å². The first-order valence-electron chi connectivity index (χ1n) is 13.4. The van der Waals surface area contributed by atoms with Crippen molar-refractivity contribution in [1.29, 1.82) is 0 Å². The molecule has 4 aromatic rings. The predicted molar refractivity (Wildman–Crippen MR) is 157 cm³/mol. The van der Waals surface area contributed by atoms with Crippen LogP contribution in [0.15, 0.2) is 60.2 Å². The summed E-state index contributed by atoms with van der Waals surface area (Å²) in [6.45, 7) is 8.48. The Morgan fingerprint density at radius 3 is 2.39 bits per heavy atom. The lowest BCUT2D eigenvalue weighted by Gasteiger charge is -2.23. The van der Waals surface area contributed by atoms with Gasteiger partial charge >= 0.3 is 5.91 Å². The van der Waals surface area contributed by atoms with Gasteiger partial charge < -0.3 is 24.3 Å². The van der Waals surface area contributed by atoms with Gasteiger partial charge in [-0.05, 0) is 49.1 Å². The monoisotopic (exact) mass is 555 g/mol. The maximum Gasteiger partial charge on any atom is 0.302 e. The second-order valence-corrected chi connectivity index (χ2v) is 10.6. The highest BCUT2D eigenvalue weighted by Gasteiger charge is 2.48. The number of ketones is 1. The number of methoxy groups -OCH3 is 2. The van der Waals surface area contributed by atoms with Gasteiger partial charge in [0.25, 0.3) is 5.78 Å². The quantitative estimate of drug-likeness (QED) is 0.159. The topological polar surface area (TPSA) is 114 Å². The minimum atomic E-state index is -0.920. The molecule has 0 spiro atoms. The second-order valence-electron chi connectivity index (χ2n) is 10.6. The van der Waals surface area contributed by atoms with E-state index in [1.165, 1.54) is 19.1 Å². The molecule has 1 amide bonds. The van der Waals surface area contributed by atoms with Crippen LogP contribution in [0.4, 0.5) is 5.95 Å². The highest BCUT2D eigenvalue weighted by Crippen LogP contribution is 2.43. The lowest BCUT2D eigenvalue weighted by atomic mass is 9.94. The van der Waals surface area contributed by atoms with E-state index in [1.807, 2.05) is 38.1 Å². The van der Waals surface area contributed by atoms with Crippen LogP contribution in [0.1, 0.15) is 42.1 Å². The van der Waals surface area contributed by atoms with Crippen LogP contribution in [-0.4, -0.2) is 47.6 Å². The normalized spacial score (nSPS) is 16.6. The minimum Gasteiger partial charge on any atom is -0.507 e. The number of benzene rings is 3. The molecule has 1 fully saturated rings. The summed E-state index contributed by atoms with van der Waals surface area (Å²) in [6, 6.07) is 15.2. The third kappa shape index (κ3) is 5.11. The Bertz CT molecular complexity index is 1650. The molecular formula is C32H33N3O6. The van der Waals surface area contributed by atoms with E-state index >= 15 is 0 Å². The number of nitrogens with zero attached hydrogens (tertiary/aromatic N) is 2. The summed E-state index contributed by atoms with van der Waals surface area (Å²) < 4.78 is 16.7. The minimum absolute atomic E-state index is 0.0218. The Morgan fingerprint density at radius 1 is 1.00 bits per heavy atom. The Kier molecular flexibility index (Phi) is 7.45. The number of hydrogen-bond acceptors (Lipinski definition) is 7. The van der Waals surface area contributed by atoms with Gasteiger partial charge in [0.05, 0.1) is 43.5 Å². The molecule has 41 heavy (non-hydrogen) atoms. The van der Waals surface area contributed by atoms with Gasteiger partial charge in [-0.25, -0.2) is 4.98 Å². The summed E-state index contributed by atoms with van der Waals surface area (Å²) >= 11 is 0. The Hall–Kier alpha value is -4.79. The van der Waals surface area contributed by atoms with Crippen molar-refractivity contribution in [3.63, 3.8) is 0 Å².